The summed E-state index contributed by atoms with van der Waals surface area (Å²) in [7, 11) is 0. The summed E-state index contributed by atoms with van der Waals surface area (Å²) in [5.74, 6) is -0.767. The standard InChI is InChI=1S/C11H13NO2/c1-7-3-2-4-9-8(7)5-6-10(12-9)11(13)14/h2-4,10,12H,5-6H2,1H3,(H,13,14). The molecule has 0 radical (unpaired) electrons. The molecule has 0 fully saturated rings. The lowest BCUT2D eigenvalue weighted by molar-refractivity contribution is -0.138. The number of carbonyl (C=O) groups is 1. The van der Waals surface area contributed by atoms with Gasteiger partial charge < -0.3 is 10.4 Å². The highest BCUT2D eigenvalue weighted by Crippen LogP contribution is 2.27. The van der Waals surface area contributed by atoms with Crippen LogP contribution in [-0.2, 0) is 11.2 Å². The fourth-order valence-corrected chi connectivity index (χ4v) is 1.90. The SMILES string of the molecule is Cc1cccc2c1CCC(C(=O)O)N2. The quantitative estimate of drug-likeness (QED) is 0.711. The van der Waals surface area contributed by atoms with E-state index in [2.05, 4.69) is 18.3 Å². The second-order valence-corrected chi connectivity index (χ2v) is 3.67. The number of carboxylic acid groups (broad SMARTS) is 1. The van der Waals surface area contributed by atoms with E-state index in [9.17, 15) is 4.79 Å². The van der Waals surface area contributed by atoms with E-state index in [0.717, 1.165) is 12.1 Å². The maximum atomic E-state index is 10.8. The number of hydrogen-bond donors (Lipinski definition) is 2. The zero-order valence-electron chi connectivity index (χ0n) is 8.08. The first-order chi connectivity index (χ1) is 6.68. The number of rotatable bonds is 1. The molecular formula is C11H13NO2. The van der Waals surface area contributed by atoms with Crippen molar-refractivity contribution in [1.29, 1.82) is 0 Å². The van der Waals surface area contributed by atoms with Crippen molar-refractivity contribution in [2.45, 2.75) is 25.8 Å². The van der Waals surface area contributed by atoms with Crippen LogP contribution in [0.1, 0.15) is 17.5 Å². The molecule has 1 heterocycles. The molecule has 2 rings (SSSR count). The zero-order chi connectivity index (χ0) is 10.1. The second kappa shape index (κ2) is 3.33. The van der Waals surface area contributed by atoms with Crippen molar-refractivity contribution in [3.05, 3.63) is 29.3 Å². The lowest BCUT2D eigenvalue weighted by Crippen LogP contribution is -2.33. The first-order valence-corrected chi connectivity index (χ1v) is 4.76. The van der Waals surface area contributed by atoms with E-state index in [0.29, 0.717) is 6.42 Å². The van der Waals surface area contributed by atoms with E-state index in [1.54, 1.807) is 0 Å². The summed E-state index contributed by atoms with van der Waals surface area (Å²) in [4.78, 5) is 10.8. The molecular weight excluding hydrogens is 178 g/mol. The molecule has 1 aromatic rings. The van der Waals surface area contributed by atoms with Gasteiger partial charge in [-0.3, -0.25) is 0 Å². The fourth-order valence-electron chi connectivity index (χ4n) is 1.90. The molecule has 1 atom stereocenters. The van der Waals surface area contributed by atoms with Crippen molar-refractivity contribution < 1.29 is 9.90 Å². The maximum absolute atomic E-state index is 10.8. The molecule has 3 heteroatoms. The molecule has 74 valence electrons. The number of aryl methyl sites for hydroxylation is 1. The summed E-state index contributed by atoms with van der Waals surface area (Å²) in [6.07, 6.45) is 1.53. The van der Waals surface area contributed by atoms with Gasteiger partial charge in [0.25, 0.3) is 0 Å². The Morgan fingerprint density at radius 2 is 2.36 bits per heavy atom. The molecule has 0 amide bonds. The Kier molecular flexibility index (Phi) is 2.15. The highest BCUT2D eigenvalue weighted by Gasteiger charge is 2.23. The predicted octanol–water partition coefficient (Wildman–Crippen LogP) is 1.81. The molecule has 0 saturated heterocycles. The molecule has 0 saturated carbocycles. The number of hydrogen-bond acceptors (Lipinski definition) is 2. The van der Waals surface area contributed by atoms with Gasteiger partial charge >= 0.3 is 5.97 Å². The van der Waals surface area contributed by atoms with Crippen molar-refractivity contribution in [3.8, 4) is 0 Å². The minimum absolute atomic E-state index is 0.427. The van der Waals surface area contributed by atoms with Crippen LogP contribution in [0.2, 0.25) is 0 Å². The van der Waals surface area contributed by atoms with Crippen LogP contribution in [0.15, 0.2) is 18.2 Å². The summed E-state index contributed by atoms with van der Waals surface area (Å²) in [6, 6.07) is 5.52. The van der Waals surface area contributed by atoms with Gasteiger partial charge in [0.2, 0.25) is 0 Å². The van der Waals surface area contributed by atoms with E-state index in [-0.39, 0.29) is 0 Å². The number of benzene rings is 1. The van der Waals surface area contributed by atoms with Crippen LogP contribution in [-0.4, -0.2) is 17.1 Å². The van der Waals surface area contributed by atoms with Crippen LogP contribution < -0.4 is 5.32 Å². The maximum Gasteiger partial charge on any atom is 0.326 e. The Balaban J connectivity index is 2.31. The van der Waals surface area contributed by atoms with Gasteiger partial charge in [0.1, 0.15) is 6.04 Å². The van der Waals surface area contributed by atoms with E-state index >= 15 is 0 Å². The summed E-state index contributed by atoms with van der Waals surface area (Å²) in [6.45, 7) is 2.06. The van der Waals surface area contributed by atoms with Gasteiger partial charge in [-0.15, -0.1) is 0 Å². The van der Waals surface area contributed by atoms with Crippen molar-refractivity contribution in [3.63, 3.8) is 0 Å². The van der Waals surface area contributed by atoms with Crippen molar-refractivity contribution in [2.75, 3.05) is 5.32 Å². The molecule has 0 aliphatic carbocycles. The zero-order valence-corrected chi connectivity index (χ0v) is 8.08. The predicted molar refractivity (Wildman–Crippen MR) is 54.5 cm³/mol. The first-order valence-electron chi connectivity index (χ1n) is 4.76. The Morgan fingerprint density at radius 1 is 1.57 bits per heavy atom. The molecule has 1 unspecified atom stereocenters. The Labute approximate surface area is 82.8 Å². The monoisotopic (exact) mass is 191 g/mol. The van der Waals surface area contributed by atoms with Crippen LogP contribution >= 0.6 is 0 Å². The van der Waals surface area contributed by atoms with Gasteiger partial charge in [-0.1, -0.05) is 12.1 Å². The fraction of sp³-hybridized carbons (Fsp3) is 0.364. The molecule has 0 bridgehead atoms. The van der Waals surface area contributed by atoms with Crippen molar-refractivity contribution in [1.82, 2.24) is 0 Å². The third-order valence-electron chi connectivity index (χ3n) is 2.72. The lowest BCUT2D eigenvalue weighted by atomic mass is 9.94. The summed E-state index contributed by atoms with van der Waals surface area (Å²) in [5, 5.41) is 11.9. The average molecular weight is 191 g/mol. The molecule has 3 nitrogen and oxygen atoms in total. The number of carboxylic acids is 1. The minimum atomic E-state index is -0.767. The molecule has 1 aliphatic rings. The molecule has 1 aliphatic heterocycles. The van der Waals surface area contributed by atoms with E-state index in [1.165, 1.54) is 11.1 Å². The Hall–Kier alpha value is -1.51. The third kappa shape index (κ3) is 1.45. The lowest BCUT2D eigenvalue weighted by Gasteiger charge is -2.25. The van der Waals surface area contributed by atoms with Crippen LogP contribution in [0, 0.1) is 6.92 Å². The number of fused-ring (bicyclic) bond motifs is 1. The average Bonchev–Trinajstić information content (AvgIpc) is 2.17. The molecule has 0 spiro atoms. The normalized spacial score (nSPS) is 19.6. The highest BCUT2D eigenvalue weighted by molar-refractivity contribution is 5.79. The van der Waals surface area contributed by atoms with Gasteiger partial charge in [-0.25, -0.2) is 4.79 Å². The van der Waals surface area contributed by atoms with Gasteiger partial charge in [-0.2, -0.15) is 0 Å². The van der Waals surface area contributed by atoms with Gasteiger partial charge in [0.05, 0.1) is 0 Å². The minimum Gasteiger partial charge on any atom is -0.480 e. The van der Waals surface area contributed by atoms with Crippen LogP contribution in [0.4, 0.5) is 5.69 Å². The summed E-state index contributed by atoms with van der Waals surface area (Å²) >= 11 is 0. The Morgan fingerprint density at radius 3 is 3.07 bits per heavy atom. The van der Waals surface area contributed by atoms with Gasteiger partial charge in [0, 0.05) is 5.69 Å². The topological polar surface area (TPSA) is 49.3 Å². The molecule has 1 aromatic carbocycles. The summed E-state index contributed by atoms with van der Waals surface area (Å²) < 4.78 is 0. The van der Waals surface area contributed by atoms with Crippen LogP contribution in [0.5, 0.6) is 0 Å². The summed E-state index contributed by atoms with van der Waals surface area (Å²) in [5.41, 5.74) is 3.47. The van der Waals surface area contributed by atoms with Crippen molar-refractivity contribution >= 4 is 11.7 Å². The number of nitrogens with one attached hydrogen (secondary N) is 1. The van der Waals surface area contributed by atoms with Gasteiger partial charge in [0.15, 0.2) is 0 Å². The van der Waals surface area contributed by atoms with E-state index < -0.39 is 12.0 Å². The Bertz CT molecular complexity index is 374. The molecule has 14 heavy (non-hydrogen) atoms. The second-order valence-electron chi connectivity index (χ2n) is 3.67. The van der Waals surface area contributed by atoms with Crippen LogP contribution in [0.25, 0.3) is 0 Å². The van der Waals surface area contributed by atoms with Crippen LogP contribution in [0.3, 0.4) is 0 Å². The third-order valence-corrected chi connectivity index (χ3v) is 2.72. The van der Waals surface area contributed by atoms with E-state index in [1.807, 2.05) is 12.1 Å². The highest BCUT2D eigenvalue weighted by atomic mass is 16.4. The molecule has 0 aromatic heterocycles. The van der Waals surface area contributed by atoms with Crippen molar-refractivity contribution in [2.24, 2.45) is 0 Å². The van der Waals surface area contributed by atoms with Gasteiger partial charge in [-0.05, 0) is 37.0 Å². The number of anilines is 1. The largest absolute Gasteiger partial charge is 0.480 e. The first kappa shape index (κ1) is 9.06. The van der Waals surface area contributed by atoms with E-state index in [4.69, 9.17) is 5.11 Å². The molecule has 2 N–H and O–H groups in total. The smallest absolute Gasteiger partial charge is 0.326 e. The number of aliphatic carboxylic acids is 1.